The summed E-state index contributed by atoms with van der Waals surface area (Å²) in [4.78, 5) is 15.6. The Morgan fingerprint density at radius 3 is 2.44 bits per heavy atom. The molecule has 4 nitrogen and oxygen atoms in total. The summed E-state index contributed by atoms with van der Waals surface area (Å²) in [6.07, 6.45) is -3.82. The van der Waals surface area contributed by atoms with Crippen molar-refractivity contribution in [3.8, 4) is 0 Å². The van der Waals surface area contributed by atoms with Crippen molar-refractivity contribution in [1.29, 1.82) is 0 Å². The molecular formula is C16H18Cl2F3N3O. The van der Waals surface area contributed by atoms with E-state index in [0.29, 0.717) is 18.4 Å². The third kappa shape index (κ3) is 6.89. The fraction of sp³-hybridized carbons (Fsp3) is 0.250. The molecule has 2 rings (SSSR count). The summed E-state index contributed by atoms with van der Waals surface area (Å²) < 4.78 is 37.4. The zero-order valence-electron chi connectivity index (χ0n) is 13.3. The normalized spacial score (nSPS) is 10.4. The van der Waals surface area contributed by atoms with Crippen LogP contribution in [0.15, 0.2) is 42.6 Å². The molecule has 1 aromatic heterocycles. The van der Waals surface area contributed by atoms with Gasteiger partial charge in [-0.25, -0.2) is 0 Å². The van der Waals surface area contributed by atoms with Crippen molar-refractivity contribution in [3.05, 3.63) is 59.4 Å². The highest BCUT2D eigenvalue weighted by atomic mass is 35.5. The van der Waals surface area contributed by atoms with Crippen LogP contribution in [0.2, 0.25) is 0 Å². The van der Waals surface area contributed by atoms with Gasteiger partial charge >= 0.3 is 6.18 Å². The predicted octanol–water partition coefficient (Wildman–Crippen LogP) is 4.31. The topological polar surface area (TPSA) is 54.0 Å². The number of nitrogens with one attached hydrogen (secondary N) is 2. The highest BCUT2D eigenvalue weighted by molar-refractivity contribution is 6.02. The first-order valence-corrected chi connectivity index (χ1v) is 7.04. The second-order valence-electron chi connectivity index (χ2n) is 4.86. The Kier molecular flexibility index (Phi) is 9.48. The lowest BCUT2D eigenvalue weighted by molar-refractivity contribution is -0.137. The molecule has 0 bridgehead atoms. The number of carbonyl (C=O) groups is 1. The largest absolute Gasteiger partial charge is 0.417 e. The van der Waals surface area contributed by atoms with Gasteiger partial charge in [0.05, 0.1) is 5.56 Å². The van der Waals surface area contributed by atoms with Crippen molar-refractivity contribution < 1.29 is 18.0 Å². The third-order valence-corrected chi connectivity index (χ3v) is 3.09. The van der Waals surface area contributed by atoms with Crippen molar-refractivity contribution >= 4 is 36.4 Å². The zero-order chi connectivity index (χ0) is 16.9. The second kappa shape index (κ2) is 10.2. The van der Waals surface area contributed by atoms with Crippen LogP contribution < -0.4 is 10.6 Å². The number of rotatable bonds is 5. The number of amides is 1. The lowest BCUT2D eigenvalue weighted by atomic mass is 10.2. The van der Waals surface area contributed by atoms with Crippen LogP contribution in [-0.4, -0.2) is 17.4 Å². The molecule has 0 radical (unpaired) electrons. The minimum atomic E-state index is -4.47. The molecule has 0 aliphatic carbocycles. The Hall–Kier alpha value is -1.83. The van der Waals surface area contributed by atoms with Gasteiger partial charge in [0.2, 0.25) is 0 Å². The van der Waals surface area contributed by atoms with E-state index in [9.17, 15) is 18.0 Å². The molecule has 0 saturated heterocycles. The van der Waals surface area contributed by atoms with E-state index in [-0.39, 0.29) is 30.5 Å². The number of nitrogens with zero attached hydrogens (tertiary/aromatic N) is 1. The number of carbonyl (C=O) groups excluding carboxylic acids is 1. The number of anilines is 1. The lowest BCUT2D eigenvalue weighted by Crippen LogP contribution is -2.15. The number of benzene rings is 1. The van der Waals surface area contributed by atoms with Crippen LogP contribution in [0.3, 0.4) is 0 Å². The SMILES string of the molecule is CCNCc1cccc(NC(=O)c2ccc(C(F)(F)F)cn2)c1.Cl.Cl. The second-order valence-corrected chi connectivity index (χ2v) is 4.86. The van der Waals surface area contributed by atoms with E-state index in [1.165, 1.54) is 0 Å². The van der Waals surface area contributed by atoms with Crippen molar-refractivity contribution in [2.75, 3.05) is 11.9 Å². The maximum Gasteiger partial charge on any atom is 0.417 e. The van der Waals surface area contributed by atoms with Crippen LogP contribution >= 0.6 is 24.8 Å². The fourth-order valence-electron chi connectivity index (χ4n) is 1.92. The Morgan fingerprint density at radius 2 is 1.88 bits per heavy atom. The maximum atomic E-state index is 12.5. The highest BCUT2D eigenvalue weighted by Crippen LogP contribution is 2.28. The van der Waals surface area contributed by atoms with E-state index < -0.39 is 17.6 Å². The third-order valence-electron chi connectivity index (χ3n) is 3.09. The zero-order valence-corrected chi connectivity index (χ0v) is 14.9. The quantitative estimate of drug-likeness (QED) is 0.792. The molecule has 9 heteroatoms. The molecular weight excluding hydrogens is 378 g/mol. The van der Waals surface area contributed by atoms with E-state index in [2.05, 4.69) is 15.6 Å². The van der Waals surface area contributed by atoms with Crippen molar-refractivity contribution in [2.24, 2.45) is 0 Å². The van der Waals surface area contributed by atoms with Crippen LogP contribution in [0.5, 0.6) is 0 Å². The molecule has 2 N–H and O–H groups in total. The van der Waals surface area contributed by atoms with E-state index >= 15 is 0 Å². The summed E-state index contributed by atoms with van der Waals surface area (Å²) in [5.74, 6) is -0.556. The average molecular weight is 396 g/mol. The molecule has 25 heavy (non-hydrogen) atoms. The minimum absolute atomic E-state index is 0. The number of hydrogen-bond acceptors (Lipinski definition) is 3. The Morgan fingerprint density at radius 1 is 1.16 bits per heavy atom. The van der Waals surface area contributed by atoms with Crippen LogP contribution in [0.25, 0.3) is 0 Å². The van der Waals surface area contributed by atoms with Crippen LogP contribution in [-0.2, 0) is 12.7 Å². The Bertz CT molecular complexity index is 679. The van der Waals surface area contributed by atoms with Gasteiger partial charge in [0.25, 0.3) is 5.91 Å². The summed E-state index contributed by atoms with van der Waals surface area (Å²) in [6.45, 7) is 3.48. The molecule has 1 heterocycles. The maximum absolute atomic E-state index is 12.5. The molecule has 138 valence electrons. The Labute approximate surface area is 156 Å². The van der Waals surface area contributed by atoms with Crippen LogP contribution in [0, 0.1) is 0 Å². The summed E-state index contributed by atoms with van der Waals surface area (Å²) in [6, 6.07) is 9.10. The number of hydrogen-bond donors (Lipinski definition) is 2. The van der Waals surface area contributed by atoms with E-state index in [1.54, 1.807) is 18.2 Å². The van der Waals surface area contributed by atoms with Crippen LogP contribution in [0.4, 0.5) is 18.9 Å². The molecule has 0 atom stereocenters. The predicted molar refractivity (Wildman–Crippen MR) is 95.5 cm³/mol. The molecule has 0 unspecified atom stereocenters. The van der Waals surface area contributed by atoms with Gasteiger partial charge < -0.3 is 10.6 Å². The van der Waals surface area contributed by atoms with Gasteiger partial charge in [0, 0.05) is 18.4 Å². The molecule has 0 saturated carbocycles. The summed E-state index contributed by atoms with van der Waals surface area (Å²) in [5.41, 5.74) is 0.592. The molecule has 0 fully saturated rings. The molecule has 1 amide bonds. The van der Waals surface area contributed by atoms with Gasteiger partial charge in [-0.1, -0.05) is 19.1 Å². The average Bonchev–Trinajstić information content (AvgIpc) is 2.52. The molecule has 0 aliphatic rings. The standard InChI is InChI=1S/C16H16F3N3O.2ClH/c1-2-20-9-11-4-3-5-13(8-11)22-15(23)14-7-6-12(10-21-14)16(17,18)19;;/h3-8,10,20H,2,9H2,1H3,(H,22,23);2*1H. The number of alkyl halides is 3. The monoisotopic (exact) mass is 395 g/mol. The van der Waals surface area contributed by atoms with Gasteiger partial charge in [0.1, 0.15) is 5.69 Å². The van der Waals surface area contributed by atoms with E-state index in [0.717, 1.165) is 24.2 Å². The first-order valence-electron chi connectivity index (χ1n) is 7.04. The summed E-state index contributed by atoms with van der Waals surface area (Å²) in [7, 11) is 0. The van der Waals surface area contributed by atoms with Gasteiger partial charge in [-0.2, -0.15) is 13.2 Å². The summed E-state index contributed by atoms with van der Waals surface area (Å²) in [5, 5.41) is 5.79. The van der Waals surface area contributed by atoms with Crippen molar-refractivity contribution in [2.45, 2.75) is 19.6 Å². The molecule has 0 spiro atoms. The smallest absolute Gasteiger partial charge is 0.321 e. The van der Waals surface area contributed by atoms with E-state index in [4.69, 9.17) is 0 Å². The van der Waals surface area contributed by atoms with Crippen molar-refractivity contribution in [1.82, 2.24) is 10.3 Å². The fourth-order valence-corrected chi connectivity index (χ4v) is 1.92. The minimum Gasteiger partial charge on any atom is -0.321 e. The number of aromatic nitrogens is 1. The summed E-state index contributed by atoms with van der Waals surface area (Å²) >= 11 is 0. The highest BCUT2D eigenvalue weighted by Gasteiger charge is 2.30. The van der Waals surface area contributed by atoms with Crippen molar-refractivity contribution in [3.63, 3.8) is 0 Å². The van der Waals surface area contributed by atoms with Gasteiger partial charge in [-0.15, -0.1) is 24.8 Å². The number of halogens is 5. The van der Waals surface area contributed by atoms with Gasteiger partial charge in [-0.05, 0) is 36.4 Å². The van der Waals surface area contributed by atoms with E-state index in [1.807, 2.05) is 13.0 Å². The first-order chi connectivity index (χ1) is 10.9. The Balaban J connectivity index is 0.00000288. The first kappa shape index (κ1) is 23.2. The molecule has 0 aliphatic heterocycles. The van der Waals surface area contributed by atoms with Gasteiger partial charge in [0.15, 0.2) is 0 Å². The van der Waals surface area contributed by atoms with Gasteiger partial charge in [-0.3, -0.25) is 9.78 Å². The molecule has 2 aromatic rings. The lowest BCUT2D eigenvalue weighted by Gasteiger charge is -2.09. The molecule has 1 aromatic carbocycles. The number of pyridine rings is 1. The van der Waals surface area contributed by atoms with Crippen LogP contribution in [0.1, 0.15) is 28.5 Å².